The lowest BCUT2D eigenvalue weighted by atomic mass is 10.2. The molecule has 0 aliphatic rings. The summed E-state index contributed by atoms with van der Waals surface area (Å²) >= 11 is 6.15. The predicted octanol–water partition coefficient (Wildman–Crippen LogP) is 1.54. The zero-order chi connectivity index (χ0) is 14.4. The van der Waals surface area contributed by atoms with Crippen molar-refractivity contribution in [1.82, 2.24) is 10.2 Å². The van der Waals surface area contributed by atoms with Gasteiger partial charge in [-0.25, -0.2) is 0 Å². The Morgan fingerprint density at radius 2 is 2.11 bits per heavy atom. The average molecular weight is 287 g/mol. The summed E-state index contributed by atoms with van der Waals surface area (Å²) in [6.45, 7) is 0.599. The zero-order valence-electron chi connectivity index (χ0n) is 11.6. The van der Waals surface area contributed by atoms with Crippen LogP contribution in [0.2, 0.25) is 5.02 Å². The second kappa shape index (κ2) is 7.21. The Hall–Kier alpha value is -1.46. The predicted molar refractivity (Wildman–Crippen MR) is 75.0 cm³/mol. The smallest absolute Gasteiger partial charge is 0.259 e. The Morgan fingerprint density at radius 3 is 2.63 bits per heavy atom. The number of nitrogens with one attached hydrogen (secondary N) is 1. The summed E-state index contributed by atoms with van der Waals surface area (Å²) in [6, 6.07) is 3.62. The van der Waals surface area contributed by atoms with Gasteiger partial charge in [0.15, 0.2) is 18.1 Å². The van der Waals surface area contributed by atoms with Crippen LogP contribution in [-0.2, 0) is 11.3 Å². The van der Waals surface area contributed by atoms with Crippen molar-refractivity contribution >= 4 is 17.5 Å². The summed E-state index contributed by atoms with van der Waals surface area (Å²) < 4.78 is 10.7. The summed E-state index contributed by atoms with van der Waals surface area (Å²) in [5.41, 5.74) is 0.982. The third kappa shape index (κ3) is 4.29. The summed E-state index contributed by atoms with van der Waals surface area (Å²) in [4.78, 5) is 13.0. The van der Waals surface area contributed by atoms with Crippen LogP contribution in [0, 0.1) is 0 Å². The molecule has 6 heteroatoms. The van der Waals surface area contributed by atoms with Gasteiger partial charge in [0.05, 0.1) is 12.1 Å². The molecule has 5 nitrogen and oxygen atoms in total. The maximum atomic E-state index is 11.5. The molecule has 0 atom stereocenters. The fourth-order valence-electron chi connectivity index (χ4n) is 1.48. The molecule has 0 bridgehead atoms. The molecule has 1 aromatic carbocycles. The van der Waals surface area contributed by atoms with Crippen LogP contribution in [0.4, 0.5) is 0 Å². The molecule has 106 valence electrons. The van der Waals surface area contributed by atoms with Gasteiger partial charge in [0.25, 0.3) is 5.91 Å². The minimum atomic E-state index is -0.141. The number of hydrogen-bond acceptors (Lipinski definition) is 4. The number of methoxy groups -OCH3 is 1. The lowest BCUT2D eigenvalue weighted by Gasteiger charge is -2.15. The zero-order valence-corrected chi connectivity index (χ0v) is 12.4. The van der Waals surface area contributed by atoms with E-state index >= 15 is 0 Å². The van der Waals surface area contributed by atoms with Crippen LogP contribution in [0.3, 0.4) is 0 Å². The molecule has 19 heavy (non-hydrogen) atoms. The molecule has 0 unspecified atom stereocenters. The summed E-state index contributed by atoms with van der Waals surface area (Å²) in [7, 11) is 6.72. The van der Waals surface area contributed by atoms with E-state index in [0.717, 1.165) is 5.56 Å². The van der Waals surface area contributed by atoms with Crippen molar-refractivity contribution in [2.24, 2.45) is 0 Å². The van der Waals surface area contributed by atoms with Crippen molar-refractivity contribution < 1.29 is 14.3 Å². The first-order chi connectivity index (χ1) is 8.99. The lowest BCUT2D eigenvalue weighted by Crippen LogP contribution is -2.27. The normalized spacial score (nSPS) is 10.2. The summed E-state index contributed by atoms with van der Waals surface area (Å²) in [5.74, 6) is 0.765. The summed E-state index contributed by atoms with van der Waals surface area (Å²) in [5, 5.41) is 3.46. The van der Waals surface area contributed by atoms with Crippen molar-refractivity contribution in [3.8, 4) is 11.5 Å². The molecular weight excluding hydrogens is 268 g/mol. The number of nitrogens with zero attached hydrogens (tertiary/aromatic N) is 1. The number of rotatable bonds is 6. The highest BCUT2D eigenvalue weighted by Crippen LogP contribution is 2.36. The Kier molecular flexibility index (Phi) is 5.92. The first-order valence-electron chi connectivity index (χ1n) is 5.83. The molecule has 1 aromatic rings. The van der Waals surface area contributed by atoms with Gasteiger partial charge in [-0.1, -0.05) is 11.6 Å². The van der Waals surface area contributed by atoms with Crippen molar-refractivity contribution in [2.45, 2.75) is 6.54 Å². The van der Waals surface area contributed by atoms with E-state index < -0.39 is 0 Å². The van der Waals surface area contributed by atoms with E-state index in [9.17, 15) is 4.79 Å². The number of amides is 1. The van der Waals surface area contributed by atoms with Gasteiger partial charge in [0, 0.05) is 20.6 Å². The monoisotopic (exact) mass is 286 g/mol. The summed E-state index contributed by atoms with van der Waals surface area (Å²) in [6.07, 6.45) is 0. The highest BCUT2D eigenvalue weighted by atomic mass is 35.5. The molecule has 0 aromatic heterocycles. The van der Waals surface area contributed by atoms with E-state index in [1.165, 1.54) is 12.0 Å². The second-order valence-electron chi connectivity index (χ2n) is 4.22. The topological polar surface area (TPSA) is 50.8 Å². The van der Waals surface area contributed by atoms with Gasteiger partial charge in [0.2, 0.25) is 0 Å². The Bertz CT molecular complexity index is 450. The highest BCUT2D eigenvalue weighted by molar-refractivity contribution is 6.32. The van der Waals surface area contributed by atoms with Gasteiger partial charge in [-0.05, 0) is 24.7 Å². The SMILES string of the molecule is CNCc1cc(Cl)c(OCC(=O)N(C)C)c(OC)c1. The van der Waals surface area contributed by atoms with Gasteiger partial charge in [0.1, 0.15) is 0 Å². The van der Waals surface area contributed by atoms with E-state index in [1.807, 2.05) is 13.1 Å². The largest absolute Gasteiger partial charge is 0.493 e. The maximum Gasteiger partial charge on any atom is 0.259 e. The molecule has 0 radical (unpaired) electrons. The Labute approximate surface area is 118 Å². The Balaban J connectivity index is 2.90. The van der Waals surface area contributed by atoms with Crippen LogP contribution >= 0.6 is 11.6 Å². The molecule has 0 saturated carbocycles. The average Bonchev–Trinajstić information content (AvgIpc) is 2.36. The van der Waals surface area contributed by atoms with Crippen molar-refractivity contribution in [3.63, 3.8) is 0 Å². The lowest BCUT2D eigenvalue weighted by molar-refractivity contribution is -0.130. The first-order valence-corrected chi connectivity index (χ1v) is 6.21. The van der Waals surface area contributed by atoms with Crippen LogP contribution in [-0.4, -0.2) is 45.7 Å². The molecule has 0 aliphatic carbocycles. The molecular formula is C13H19ClN2O3. The minimum absolute atomic E-state index is 0.0749. The third-order valence-corrected chi connectivity index (χ3v) is 2.79. The number of hydrogen-bond donors (Lipinski definition) is 1. The minimum Gasteiger partial charge on any atom is -0.493 e. The van der Waals surface area contributed by atoms with Crippen molar-refractivity contribution in [1.29, 1.82) is 0 Å². The van der Waals surface area contributed by atoms with Gasteiger partial charge in [-0.3, -0.25) is 4.79 Å². The molecule has 0 spiro atoms. The molecule has 1 amide bonds. The van der Waals surface area contributed by atoms with Crippen LogP contribution < -0.4 is 14.8 Å². The number of ether oxygens (including phenoxy) is 2. The highest BCUT2D eigenvalue weighted by Gasteiger charge is 2.14. The van der Waals surface area contributed by atoms with Gasteiger partial charge < -0.3 is 19.7 Å². The number of benzene rings is 1. The number of carbonyl (C=O) groups excluding carboxylic acids is 1. The standard InChI is InChI=1S/C13H19ClN2O3/c1-15-7-9-5-10(14)13(11(6-9)18-4)19-8-12(17)16(2)3/h5-6,15H,7-8H2,1-4H3. The molecule has 1 N–H and O–H groups in total. The number of likely N-dealkylation sites (N-methyl/N-ethyl adjacent to an activating group) is 1. The number of carbonyl (C=O) groups is 1. The van der Waals surface area contributed by atoms with E-state index in [-0.39, 0.29) is 12.5 Å². The third-order valence-electron chi connectivity index (χ3n) is 2.51. The van der Waals surface area contributed by atoms with Gasteiger partial charge in [-0.15, -0.1) is 0 Å². The van der Waals surface area contributed by atoms with E-state index in [1.54, 1.807) is 20.2 Å². The molecule has 0 aliphatic heterocycles. The fraction of sp³-hybridized carbons (Fsp3) is 0.462. The van der Waals surface area contributed by atoms with Crippen LogP contribution in [0.5, 0.6) is 11.5 Å². The quantitative estimate of drug-likeness (QED) is 0.862. The number of halogens is 1. The molecule has 0 saturated heterocycles. The first kappa shape index (κ1) is 15.6. The van der Waals surface area contributed by atoms with E-state index in [2.05, 4.69) is 5.32 Å². The van der Waals surface area contributed by atoms with Gasteiger partial charge >= 0.3 is 0 Å². The van der Waals surface area contributed by atoms with Crippen molar-refractivity contribution in [3.05, 3.63) is 22.7 Å². The molecule has 0 fully saturated rings. The van der Waals surface area contributed by atoms with Crippen molar-refractivity contribution in [2.75, 3.05) is 34.9 Å². The molecule has 0 heterocycles. The van der Waals surface area contributed by atoms with Crippen LogP contribution in [0.1, 0.15) is 5.56 Å². The second-order valence-corrected chi connectivity index (χ2v) is 4.62. The maximum absolute atomic E-state index is 11.5. The molecule has 1 rings (SSSR count). The Morgan fingerprint density at radius 1 is 1.42 bits per heavy atom. The van der Waals surface area contributed by atoms with E-state index in [4.69, 9.17) is 21.1 Å². The van der Waals surface area contributed by atoms with Gasteiger partial charge in [-0.2, -0.15) is 0 Å². The van der Waals surface area contributed by atoms with E-state index in [0.29, 0.717) is 23.1 Å². The van der Waals surface area contributed by atoms with Crippen LogP contribution in [0.25, 0.3) is 0 Å². The van der Waals surface area contributed by atoms with Crippen LogP contribution in [0.15, 0.2) is 12.1 Å². The fourth-order valence-corrected chi connectivity index (χ4v) is 1.77.